The first-order valence-corrected chi connectivity index (χ1v) is 6.63. The van der Waals surface area contributed by atoms with Crippen LogP contribution in [-0.2, 0) is 4.79 Å². The fraction of sp³-hybridized carbons (Fsp3) is 0.769. The average Bonchev–Trinajstić information content (AvgIpc) is 2.65. The first-order chi connectivity index (χ1) is 8.61. The van der Waals surface area contributed by atoms with Gasteiger partial charge in [-0.25, -0.2) is 0 Å². The second-order valence-electron chi connectivity index (χ2n) is 4.84. The molecule has 2 aliphatic rings. The molecule has 0 amide bonds. The van der Waals surface area contributed by atoms with Crippen molar-refractivity contribution in [1.29, 1.82) is 0 Å². The van der Waals surface area contributed by atoms with E-state index < -0.39 is 0 Å². The van der Waals surface area contributed by atoms with Crippen molar-refractivity contribution in [2.75, 3.05) is 19.7 Å². The van der Waals surface area contributed by atoms with Crippen LogP contribution in [0.1, 0.15) is 39.0 Å². The summed E-state index contributed by atoms with van der Waals surface area (Å²) >= 11 is 0. The van der Waals surface area contributed by atoms with Gasteiger partial charge in [0.1, 0.15) is 6.54 Å². The maximum Gasteiger partial charge on any atom is 0.182 e. The van der Waals surface area contributed by atoms with Gasteiger partial charge in [0.15, 0.2) is 5.78 Å². The molecule has 0 aromatic heterocycles. The van der Waals surface area contributed by atoms with Gasteiger partial charge in [-0.15, -0.1) is 0 Å². The summed E-state index contributed by atoms with van der Waals surface area (Å²) in [5, 5.41) is 18.5. The van der Waals surface area contributed by atoms with Crippen LogP contribution in [0.4, 0.5) is 0 Å². The van der Waals surface area contributed by atoms with Gasteiger partial charge >= 0.3 is 0 Å². The number of ketones is 1. The maximum atomic E-state index is 11.4. The Labute approximate surface area is 108 Å². The molecule has 1 aliphatic heterocycles. The van der Waals surface area contributed by atoms with Gasteiger partial charge in [0.05, 0.1) is 12.3 Å². The SMILES string of the molecule is CC1=C(C2CCCCC2)N(O)CC1=O.NCCO. The number of hydroxylamine groups is 2. The standard InChI is InChI=1S/C11H17NO2.C2H7NO/c1-8-10(13)7-12(14)11(8)9-5-3-2-4-6-9;3-1-2-4/h9,14H,2-7H2,1H3;4H,1-3H2. The zero-order valence-corrected chi connectivity index (χ0v) is 11.1. The van der Waals surface area contributed by atoms with Crippen molar-refractivity contribution in [2.45, 2.75) is 39.0 Å². The molecule has 1 saturated carbocycles. The van der Waals surface area contributed by atoms with Gasteiger partial charge in [0.25, 0.3) is 0 Å². The highest BCUT2D eigenvalue weighted by molar-refractivity contribution is 5.99. The molecule has 0 bridgehead atoms. The van der Waals surface area contributed by atoms with E-state index in [0.29, 0.717) is 12.5 Å². The van der Waals surface area contributed by atoms with Crippen LogP contribution in [0.15, 0.2) is 11.3 Å². The molecule has 0 aromatic rings. The van der Waals surface area contributed by atoms with Crippen molar-refractivity contribution in [3.8, 4) is 0 Å². The Balaban J connectivity index is 0.000000357. The van der Waals surface area contributed by atoms with Crippen LogP contribution in [0.3, 0.4) is 0 Å². The summed E-state index contributed by atoms with van der Waals surface area (Å²) in [6.07, 6.45) is 5.99. The largest absolute Gasteiger partial charge is 0.395 e. The molecule has 0 unspecified atom stereocenters. The molecule has 104 valence electrons. The van der Waals surface area contributed by atoms with E-state index in [1.807, 2.05) is 6.92 Å². The van der Waals surface area contributed by atoms with E-state index in [-0.39, 0.29) is 18.9 Å². The lowest BCUT2D eigenvalue weighted by Gasteiger charge is -2.26. The lowest BCUT2D eigenvalue weighted by molar-refractivity contribution is -0.122. The number of hydrogen-bond acceptors (Lipinski definition) is 5. The molecule has 0 saturated heterocycles. The lowest BCUT2D eigenvalue weighted by Crippen LogP contribution is -2.23. The zero-order chi connectivity index (χ0) is 13.5. The van der Waals surface area contributed by atoms with Crippen LogP contribution in [0.2, 0.25) is 0 Å². The topological polar surface area (TPSA) is 86.8 Å². The molecule has 18 heavy (non-hydrogen) atoms. The van der Waals surface area contributed by atoms with Crippen molar-refractivity contribution in [3.63, 3.8) is 0 Å². The van der Waals surface area contributed by atoms with E-state index in [9.17, 15) is 10.0 Å². The summed E-state index contributed by atoms with van der Waals surface area (Å²) in [7, 11) is 0. The van der Waals surface area contributed by atoms with E-state index in [1.54, 1.807) is 0 Å². The molecule has 2 rings (SSSR count). The number of rotatable bonds is 2. The molecule has 5 heteroatoms. The number of hydrogen-bond donors (Lipinski definition) is 3. The van der Waals surface area contributed by atoms with Gasteiger partial charge in [0.2, 0.25) is 0 Å². The molecular formula is C13H24N2O3. The zero-order valence-electron chi connectivity index (χ0n) is 11.1. The molecule has 4 N–H and O–H groups in total. The minimum absolute atomic E-state index is 0.0769. The van der Waals surface area contributed by atoms with Crippen molar-refractivity contribution < 1.29 is 15.1 Å². The summed E-state index contributed by atoms with van der Waals surface area (Å²) in [5.74, 6) is 0.494. The van der Waals surface area contributed by atoms with Gasteiger partial charge in [-0.05, 0) is 19.8 Å². The first kappa shape index (κ1) is 15.1. The average molecular weight is 256 g/mol. The number of carbonyl (C=O) groups excluding carboxylic acids is 1. The summed E-state index contributed by atoms with van der Waals surface area (Å²) in [6.45, 7) is 2.47. The summed E-state index contributed by atoms with van der Waals surface area (Å²) in [6, 6.07) is 0. The normalized spacial score (nSPS) is 21.1. The molecule has 0 radical (unpaired) electrons. The van der Waals surface area contributed by atoms with Crippen LogP contribution < -0.4 is 5.73 Å². The number of nitrogens with two attached hydrogens (primary N) is 1. The molecule has 5 nitrogen and oxygen atoms in total. The molecule has 0 aromatic carbocycles. The van der Waals surface area contributed by atoms with E-state index >= 15 is 0 Å². The van der Waals surface area contributed by atoms with Crippen molar-refractivity contribution in [2.24, 2.45) is 11.7 Å². The number of aliphatic hydroxyl groups excluding tert-OH is 1. The van der Waals surface area contributed by atoms with E-state index in [1.165, 1.54) is 19.3 Å². The number of allylic oxidation sites excluding steroid dienone is 1. The smallest absolute Gasteiger partial charge is 0.182 e. The minimum Gasteiger partial charge on any atom is -0.395 e. The van der Waals surface area contributed by atoms with Gasteiger partial charge < -0.3 is 10.8 Å². The van der Waals surface area contributed by atoms with E-state index in [2.05, 4.69) is 0 Å². The molecule has 0 atom stereocenters. The molecule has 1 aliphatic carbocycles. The van der Waals surface area contributed by atoms with Crippen LogP contribution in [0.5, 0.6) is 0 Å². The van der Waals surface area contributed by atoms with Crippen LogP contribution in [0, 0.1) is 5.92 Å². The van der Waals surface area contributed by atoms with Crippen LogP contribution in [0.25, 0.3) is 0 Å². The third kappa shape index (κ3) is 3.80. The number of aliphatic hydroxyl groups is 1. The summed E-state index contributed by atoms with van der Waals surface area (Å²) in [5.41, 5.74) is 6.45. The van der Waals surface area contributed by atoms with Crippen molar-refractivity contribution in [1.82, 2.24) is 5.06 Å². The monoisotopic (exact) mass is 256 g/mol. The highest BCUT2D eigenvalue weighted by atomic mass is 16.5. The van der Waals surface area contributed by atoms with Gasteiger partial charge in [0, 0.05) is 18.0 Å². The summed E-state index contributed by atoms with van der Waals surface area (Å²) in [4.78, 5) is 11.4. The Hall–Kier alpha value is -0.910. The van der Waals surface area contributed by atoms with E-state index in [0.717, 1.165) is 29.2 Å². The molecule has 0 spiro atoms. The Morgan fingerprint density at radius 3 is 2.28 bits per heavy atom. The molecule has 1 heterocycles. The third-order valence-corrected chi connectivity index (χ3v) is 3.49. The fourth-order valence-electron chi connectivity index (χ4n) is 2.57. The quantitative estimate of drug-likeness (QED) is 0.687. The van der Waals surface area contributed by atoms with Gasteiger partial charge in [-0.1, -0.05) is 19.3 Å². The number of carbonyl (C=O) groups is 1. The second kappa shape index (κ2) is 7.51. The van der Waals surface area contributed by atoms with Crippen LogP contribution >= 0.6 is 0 Å². The van der Waals surface area contributed by atoms with Gasteiger partial charge in [-0.3, -0.25) is 15.1 Å². The maximum absolute atomic E-state index is 11.4. The molecule has 1 fully saturated rings. The Morgan fingerprint density at radius 2 is 1.89 bits per heavy atom. The fourth-order valence-corrected chi connectivity index (χ4v) is 2.57. The third-order valence-electron chi connectivity index (χ3n) is 3.49. The predicted molar refractivity (Wildman–Crippen MR) is 68.9 cm³/mol. The highest BCUT2D eigenvalue weighted by Gasteiger charge is 2.31. The number of nitrogens with zero attached hydrogens (tertiary/aromatic N) is 1. The Morgan fingerprint density at radius 1 is 1.33 bits per heavy atom. The highest BCUT2D eigenvalue weighted by Crippen LogP contribution is 2.35. The summed E-state index contributed by atoms with van der Waals surface area (Å²) < 4.78 is 0. The minimum atomic E-state index is 0.0769. The lowest BCUT2D eigenvalue weighted by atomic mass is 9.85. The number of Topliss-reactive ketones (excluding diaryl/α,β-unsaturated/α-hetero) is 1. The Bertz CT molecular complexity index is 307. The first-order valence-electron chi connectivity index (χ1n) is 6.63. The van der Waals surface area contributed by atoms with Gasteiger partial charge in [-0.2, -0.15) is 0 Å². The van der Waals surface area contributed by atoms with Crippen LogP contribution in [-0.4, -0.2) is 40.9 Å². The second-order valence-corrected chi connectivity index (χ2v) is 4.84. The Kier molecular flexibility index (Phi) is 6.32. The molecular weight excluding hydrogens is 232 g/mol. The van der Waals surface area contributed by atoms with Crippen molar-refractivity contribution >= 4 is 5.78 Å². The van der Waals surface area contributed by atoms with Crippen molar-refractivity contribution in [3.05, 3.63) is 11.3 Å². The predicted octanol–water partition coefficient (Wildman–Crippen LogP) is 1.05. The van der Waals surface area contributed by atoms with E-state index in [4.69, 9.17) is 10.8 Å².